The van der Waals surface area contributed by atoms with E-state index in [2.05, 4.69) is 10.1 Å². The number of carboxylic acids is 1. The van der Waals surface area contributed by atoms with Gasteiger partial charge in [0, 0.05) is 11.6 Å². The molecular weight excluding hydrogens is 306 g/mol. The Bertz CT molecular complexity index is 337. The van der Waals surface area contributed by atoms with Crippen molar-refractivity contribution in [1.82, 2.24) is 5.32 Å². The Balaban J connectivity index is 4.15. The van der Waals surface area contributed by atoms with Crippen LogP contribution in [-0.2, 0) is 9.53 Å². The van der Waals surface area contributed by atoms with E-state index < -0.39 is 21.4 Å². The average Bonchev–Trinajstić information content (AvgIpc) is 2.11. The molecule has 0 atom stereocenters. The van der Waals surface area contributed by atoms with E-state index in [0.29, 0.717) is 6.42 Å². The van der Waals surface area contributed by atoms with Crippen LogP contribution in [0.4, 0.5) is 4.79 Å². The molecule has 0 aromatic rings. The highest BCUT2D eigenvalue weighted by atomic mass is 35.6. The van der Waals surface area contributed by atoms with E-state index >= 15 is 0 Å². The van der Waals surface area contributed by atoms with E-state index in [4.69, 9.17) is 39.9 Å². The van der Waals surface area contributed by atoms with Crippen molar-refractivity contribution >= 4 is 46.9 Å². The average molecular weight is 321 g/mol. The van der Waals surface area contributed by atoms with Gasteiger partial charge in [0.05, 0.1) is 0 Å². The quantitative estimate of drug-likeness (QED) is 0.603. The molecule has 8 heteroatoms. The lowest BCUT2D eigenvalue weighted by atomic mass is 10.0. The largest absolute Gasteiger partial charge is 0.478 e. The first-order chi connectivity index (χ1) is 8.02. The first-order valence-electron chi connectivity index (χ1n) is 4.93. The second-order valence-electron chi connectivity index (χ2n) is 4.14. The van der Waals surface area contributed by atoms with Crippen LogP contribution in [0.15, 0.2) is 12.2 Å². The van der Waals surface area contributed by atoms with Gasteiger partial charge in [0.15, 0.2) is 0 Å². The Morgan fingerprint density at radius 2 is 2.00 bits per heavy atom. The summed E-state index contributed by atoms with van der Waals surface area (Å²) >= 11 is 16.2. The molecule has 5 nitrogen and oxygen atoms in total. The number of nitrogens with one attached hydrogen (secondary N) is 1. The molecule has 0 spiro atoms. The summed E-state index contributed by atoms with van der Waals surface area (Å²) in [5, 5.41) is 10.9. The number of carbonyl (C=O) groups excluding carboxylic acids is 1. The fourth-order valence-electron chi connectivity index (χ4n) is 0.965. The molecule has 0 fully saturated rings. The molecule has 0 saturated heterocycles. The van der Waals surface area contributed by atoms with E-state index in [-0.39, 0.29) is 6.61 Å². The standard InChI is InChI=1S/C10H14Cl3NO4/c1-9(2,5-3-4-7(15)16)14-8(17)18-6-10(11,12)13/h3-4H,5-6H2,1-2H3,(H,14,17)(H,15,16)/b4-3+/i7+2. The lowest BCUT2D eigenvalue weighted by molar-refractivity contribution is -0.131. The molecule has 2 N–H and O–H groups in total. The van der Waals surface area contributed by atoms with Crippen LogP contribution in [-0.4, -0.2) is 33.1 Å². The highest BCUT2D eigenvalue weighted by Crippen LogP contribution is 2.26. The van der Waals surface area contributed by atoms with Gasteiger partial charge in [-0.05, 0) is 20.3 Å². The van der Waals surface area contributed by atoms with Gasteiger partial charge >= 0.3 is 12.1 Å². The van der Waals surface area contributed by atoms with Gasteiger partial charge in [-0.1, -0.05) is 40.9 Å². The maximum atomic E-state index is 11.4. The minimum atomic E-state index is -1.66. The van der Waals surface area contributed by atoms with Gasteiger partial charge in [-0.2, -0.15) is 0 Å². The molecule has 0 unspecified atom stereocenters. The SMILES string of the molecule is CC(C)(C/C=C/[14C](=O)O)NC(=O)OCC(Cl)(Cl)Cl. The van der Waals surface area contributed by atoms with Crippen molar-refractivity contribution in [2.45, 2.75) is 29.6 Å². The maximum absolute atomic E-state index is 11.4. The van der Waals surface area contributed by atoms with Crippen molar-refractivity contribution in [3.8, 4) is 0 Å². The van der Waals surface area contributed by atoms with Crippen LogP contribution >= 0.6 is 34.8 Å². The van der Waals surface area contributed by atoms with Crippen molar-refractivity contribution in [3.05, 3.63) is 12.2 Å². The Hall–Kier alpha value is -0.650. The highest BCUT2D eigenvalue weighted by molar-refractivity contribution is 6.67. The molecule has 0 rings (SSSR count). The molecule has 0 aliphatic rings. The lowest BCUT2D eigenvalue weighted by Gasteiger charge is -2.24. The van der Waals surface area contributed by atoms with Crippen LogP contribution in [0.5, 0.6) is 0 Å². The van der Waals surface area contributed by atoms with E-state index in [1.807, 2.05) is 0 Å². The molecule has 0 aromatic carbocycles. The number of carbonyl (C=O) groups is 2. The van der Waals surface area contributed by atoms with Crippen LogP contribution < -0.4 is 5.32 Å². The molecule has 0 radical (unpaired) electrons. The van der Waals surface area contributed by atoms with E-state index in [9.17, 15) is 9.59 Å². The van der Waals surface area contributed by atoms with Crippen LogP contribution in [0, 0.1) is 0 Å². The monoisotopic (exact) mass is 319 g/mol. The molecule has 1 amide bonds. The number of rotatable bonds is 5. The summed E-state index contributed by atoms with van der Waals surface area (Å²) in [6.45, 7) is 3.04. The third-order valence-corrected chi connectivity index (χ3v) is 2.02. The zero-order valence-corrected chi connectivity index (χ0v) is 12.1. The fraction of sp³-hybridized carbons (Fsp3) is 0.600. The Morgan fingerprint density at radius 1 is 1.44 bits per heavy atom. The minimum absolute atomic E-state index is 0.322. The Kier molecular flexibility index (Phi) is 6.81. The summed E-state index contributed by atoms with van der Waals surface area (Å²) in [7, 11) is 0. The number of hydrogen-bond acceptors (Lipinski definition) is 3. The van der Waals surface area contributed by atoms with Crippen molar-refractivity contribution in [2.75, 3.05) is 6.61 Å². The summed E-state index contributed by atoms with van der Waals surface area (Å²) in [4.78, 5) is 21.6. The van der Waals surface area contributed by atoms with E-state index in [1.165, 1.54) is 6.08 Å². The fourth-order valence-corrected chi connectivity index (χ4v) is 1.13. The first kappa shape index (κ1) is 17.4. The van der Waals surface area contributed by atoms with Gasteiger partial charge in [0.25, 0.3) is 0 Å². The Labute approximate surface area is 120 Å². The number of alkyl halides is 3. The minimum Gasteiger partial charge on any atom is -0.478 e. The summed E-state index contributed by atoms with van der Waals surface area (Å²) in [6, 6.07) is 0. The molecule has 0 aromatic heterocycles. The first-order valence-corrected chi connectivity index (χ1v) is 6.06. The van der Waals surface area contributed by atoms with Gasteiger partial charge < -0.3 is 15.2 Å². The second kappa shape index (κ2) is 7.07. The zero-order valence-electron chi connectivity index (χ0n) is 9.87. The van der Waals surface area contributed by atoms with Crippen LogP contribution in [0.2, 0.25) is 0 Å². The van der Waals surface area contributed by atoms with Gasteiger partial charge in [0.2, 0.25) is 3.79 Å². The second-order valence-corrected chi connectivity index (χ2v) is 6.66. The number of amides is 1. The number of carboxylic acid groups (broad SMARTS) is 1. The Morgan fingerprint density at radius 3 is 2.44 bits per heavy atom. The normalized spacial score (nSPS) is 12.5. The predicted molar refractivity (Wildman–Crippen MR) is 70.2 cm³/mol. The van der Waals surface area contributed by atoms with Gasteiger partial charge in [0.1, 0.15) is 6.61 Å². The van der Waals surface area contributed by atoms with Gasteiger partial charge in [-0.15, -0.1) is 0 Å². The van der Waals surface area contributed by atoms with Crippen molar-refractivity contribution in [2.24, 2.45) is 0 Å². The summed E-state index contributed by atoms with van der Waals surface area (Å²) in [5.41, 5.74) is -0.670. The topological polar surface area (TPSA) is 75.6 Å². The zero-order chi connectivity index (χ0) is 14.4. The number of aliphatic carboxylic acids is 1. The summed E-state index contributed by atoms with van der Waals surface area (Å²) < 4.78 is 3.02. The molecule has 0 heterocycles. The van der Waals surface area contributed by atoms with Crippen molar-refractivity contribution < 1.29 is 19.4 Å². The number of halogens is 3. The number of hydrogen-bond donors (Lipinski definition) is 2. The van der Waals surface area contributed by atoms with Crippen molar-refractivity contribution in [3.63, 3.8) is 0 Å². The maximum Gasteiger partial charge on any atom is 0.407 e. The number of alkyl carbamates (subject to hydrolysis) is 1. The molecular formula is C10H14Cl3NO4. The third kappa shape index (κ3) is 10.5. The van der Waals surface area contributed by atoms with Crippen LogP contribution in [0.3, 0.4) is 0 Å². The van der Waals surface area contributed by atoms with Crippen LogP contribution in [0.1, 0.15) is 20.3 Å². The molecule has 104 valence electrons. The van der Waals surface area contributed by atoms with Crippen LogP contribution in [0.25, 0.3) is 0 Å². The van der Waals surface area contributed by atoms with Gasteiger partial charge in [-0.3, -0.25) is 0 Å². The van der Waals surface area contributed by atoms with Gasteiger partial charge in [-0.25, -0.2) is 9.59 Å². The third-order valence-electron chi connectivity index (χ3n) is 1.70. The smallest absolute Gasteiger partial charge is 0.407 e. The molecule has 0 saturated carbocycles. The lowest BCUT2D eigenvalue weighted by Crippen LogP contribution is -2.44. The van der Waals surface area contributed by atoms with E-state index in [0.717, 1.165) is 6.08 Å². The van der Waals surface area contributed by atoms with Crippen molar-refractivity contribution in [1.29, 1.82) is 0 Å². The molecule has 0 aliphatic carbocycles. The van der Waals surface area contributed by atoms with E-state index in [1.54, 1.807) is 13.8 Å². The summed E-state index contributed by atoms with van der Waals surface area (Å²) in [5.74, 6) is -1.05. The highest BCUT2D eigenvalue weighted by Gasteiger charge is 2.25. The predicted octanol–water partition coefficient (Wildman–Crippen LogP) is 2.89. The molecule has 0 bridgehead atoms. The summed E-state index contributed by atoms with van der Waals surface area (Å²) in [6.07, 6.45) is 2.01. The number of ether oxygens (including phenoxy) is 1. The molecule has 0 aliphatic heterocycles. The molecule has 18 heavy (non-hydrogen) atoms.